The molecule has 7 nitrogen and oxygen atoms in total. The number of ether oxygens (including phenoxy) is 1. The van der Waals surface area contributed by atoms with E-state index in [2.05, 4.69) is 5.32 Å². The van der Waals surface area contributed by atoms with Gasteiger partial charge in [-0.15, -0.1) is 0 Å². The average molecular weight is 471 g/mol. The SMILES string of the molecule is COC(=O)[C@H](CCSC)NC(=O)c1cc2c(n(-c3ccc(C)cc3)c1=O)CC(C)(C)CC2=O. The number of pyridine rings is 1. The molecule has 1 amide bonds. The molecule has 8 heteroatoms. The summed E-state index contributed by atoms with van der Waals surface area (Å²) in [5.41, 5.74) is 1.61. The second-order valence-electron chi connectivity index (χ2n) is 9.17. The van der Waals surface area contributed by atoms with E-state index in [1.165, 1.54) is 29.5 Å². The van der Waals surface area contributed by atoms with Crippen LogP contribution in [0.25, 0.3) is 5.69 Å². The summed E-state index contributed by atoms with van der Waals surface area (Å²) in [4.78, 5) is 51.9. The van der Waals surface area contributed by atoms with E-state index in [4.69, 9.17) is 4.74 Å². The molecule has 0 fully saturated rings. The Labute approximate surface area is 197 Å². The zero-order valence-corrected chi connectivity index (χ0v) is 20.5. The highest BCUT2D eigenvalue weighted by atomic mass is 32.2. The molecule has 1 aromatic heterocycles. The molecule has 176 valence electrons. The quantitative estimate of drug-likeness (QED) is 0.624. The van der Waals surface area contributed by atoms with Crippen molar-refractivity contribution in [3.8, 4) is 5.69 Å². The van der Waals surface area contributed by atoms with Gasteiger partial charge in [0.05, 0.1) is 7.11 Å². The Hall–Kier alpha value is -2.87. The maximum Gasteiger partial charge on any atom is 0.328 e. The molecule has 0 saturated carbocycles. The molecular formula is C25H30N2O5S. The summed E-state index contributed by atoms with van der Waals surface area (Å²) in [7, 11) is 1.25. The molecule has 1 aliphatic carbocycles. The molecule has 0 spiro atoms. The summed E-state index contributed by atoms with van der Waals surface area (Å²) >= 11 is 1.53. The lowest BCUT2D eigenvalue weighted by Gasteiger charge is -2.32. The lowest BCUT2D eigenvalue weighted by Crippen LogP contribution is -2.45. The number of hydrogen-bond donors (Lipinski definition) is 1. The third kappa shape index (κ3) is 5.38. The lowest BCUT2D eigenvalue weighted by atomic mass is 9.75. The smallest absolute Gasteiger partial charge is 0.328 e. The van der Waals surface area contributed by atoms with Gasteiger partial charge in [-0.25, -0.2) is 4.79 Å². The van der Waals surface area contributed by atoms with Crippen LogP contribution < -0.4 is 10.9 Å². The van der Waals surface area contributed by atoms with Gasteiger partial charge in [0.2, 0.25) is 0 Å². The third-order valence-corrected chi connectivity index (χ3v) is 6.47. The monoisotopic (exact) mass is 470 g/mol. The number of rotatable bonds is 7. The molecule has 0 bridgehead atoms. The second kappa shape index (κ2) is 9.95. The van der Waals surface area contributed by atoms with Gasteiger partial charge in [-0.1, -0.05) is 31.5 Å². The maximum atomic E-state index is 13.6. The van der Waals surface area contributed by atoms with Gasteiger partial charge in [0.25, 0.3) is 11.5 Å². The van der Waals surface area contributed by atoms with Crippen LogP contribution in [0.2, 0.25) is 0 Å². The molecule has 1 atom stereocenters. The van der Waals surface area contributed by atoms with Crippen molar-refractivity contribution in [1.82, 2.24) is 9.88 Å². The molecule has 0 radical (unpaired) electrons. The molecule has 0 aliphatic heterocycles. The summed E-state index contributed by atoms with van der Waals surface area (Å²) in [5, 5.41) is 2.63. The number of esters is 1. The first-order valence-corrected chi connectivity index (χ1v) is 12.2. The largest absolute Gasteiger partial charge is 0.467 e. The highest BCUT2D eigenvalue weighted by Crippen LogP contribution is 2.35. The molecule has 1 aromatic carbocycles. The number of aryl methyl sites for hydroxylation is 1. The fourth-order valence-electron chi connectivity index (χ4n) is 4.11. The molecule has 0 saturated heterocycles. The van der Waals surface area contributed by atoms with Crippen molar-refractivity contribution in [3.05, 3.63) is 63.1 Å². The molecule has 33 heavy (non-hydrogen) atoms. The topological polar surface area (TPSA) is 94.5 Å². The molecule has 1 aliphatic rings. The summed E-state index contributed by atoms with van der Waals surface area (Å²) in [6.45, 7) is 5.93. The predicted molar refractivity (Wildman–Crippen MR) is 129 cm³/mol. The fourth-order valence-corrected chi connectivity index (χ4v) is 4.58. The molecule has 2 aromatic rings. The van der Waals surface area contributed by atoms with Crippen molar-refractivity contribution >= 4 is 29.4 Å². The van der Waals surface area contributed by atoms with E-state index < -0.39 is 23.5 Å². The highest BCUT2D eigenvalue weighted by Gasteiger charge is 2.35. The third-order valence-electron chi connectivity index (χ3n) is 5.83. The van der Waals surface area contributed by atoms with E-state index in [0.29, 0.717) is 42.0 Å². The van der Waals surface area contributed by atoms with Gasteiger partial charge in [-0.05, 0) is 55.4 Å². The van der Waals surface area contributed by atoms with Crippen LogP contribution >= 0.6 is 11.8 Å². The molecule has 3 rings (SSSR count). The van der Waals surface area contributed by atoms with Crippen LogP contribution in [0.5, 0.6) is 0 Å². The zero-order chi connectivity index (χ0) is 24.3. The standard InChI is InChI=1S/C25H30N2O5S/c1-15-6-8-16(9-7-15)27-20-13-25(2,3)14-21(28)17(20)12-18(23(27)30)22(29)26-19(10-11-33-5)24(31)32-4/h6-9,12,19H,10-11,13-14H2,1-5H3,(H,26,29)/t19-/m0/s1. The second-order valence-corrected chi connectivity index (χ2v) is 10.2. The van der Waals surface area contributed by atoms with Crippen molar-refractivity contribution in [2.24, 2.45) is 5.41 Å². The Morgan fingerprint density at radius 3 is 2.45 bits per heavy atom. The number of carbonyl (C=O) groups is 3. The van der Waals surface area contributed by atoms with Crippen molar-refractivity contribution in [2.75, 3.05) is 19.1 Å². The Balaban J connectivity index is 2.14. The van der Waals surface area contributed by atoms with Crippen LogP contribution in [0, 0.1) is 12.3 Å². The van der Waals surface area contributed by atoms with E-state index in [1.807, 2.05) is 39.2 Å². The van der Waals surface area contributed by atoms with Gasteiger partial charge < -0.3 is 10.1 Å². The summed E-state index contributed by atoms with van der Waals surface area (Å²) in [6.07, 6.45) is 3.11. The Morgan fingerprint density at radius 1 is 1.18 bits per heavy atom. The molecule has 1 heterocycles. The average Bonchev–Trinajstić information content (AvgIpc) is 2.75. The first kappa shape index (κ1) is 24.8. The van der Waals surface area contributed by atoms with Crippen LogP contribution in [-0.2, 0) is 16.0 Å². The summed E-state index contributed by atoms with van der Waals surface area (Å²) in [5.74, 6) is -0.751. The molecular weight excluding hydrogens is 440 g/mol. The fraction of sp³-hybridized carbons (Fsp3) is 0.440. The number of aromatic nitrogens is 1. The van der Waals surface area contributed by atoms with E-state index in [1.54, 1.807) is 12.1 Å². The molecule has 1 N–H and O–H groups in total. The van der Waals surface area contributed by atoms with Crippen LogP contribution in [0.3, 0.4) is 0 Å². The minimum Gasteiger partial charge on any atom is -0.467 e. The lowest BCUT2D eigenvalue weighted by molar-refractivity contribution is -0.142. The van der Waals surface area contributed by atoms with Crippen molar-refractivity contribution in [1.29, 1.82) is 0 Å². The number of amides is 1. The van der Waals surface area contributed by atoms with E-state index in [-0.39, 0.29) is 16.8 Å². The highest BCUT2D eigenvalue weighted by molar-refractivity contribution is 7.98. The van der Waals surface area contributed by atoms with Crippen molar-refractivity contribution in [2.45, 2.75) is 46.1 Å². The first-order valence-electron chi connectivity index (χ1n) is 10.8. The number of nitrogens with one attached hydrogen (secondary N) is 1. The summed E-state index contributed by atoms with van der Waals surface area (Å²) < 4.78 is 6.28. The van der Waals surface area contributed by atoms with E-state index >= 15 is 0 Å². The van der Waals surface area contributed by atoms with Gasteiger partial charge in [0, 0.05) is 23.4 Å². The number of ketones is 1. The zero-order valence-electron chi connectivity index (χ0n) is 19.7. The number of benzene rings is 1. The number of nitrogens with zero attached hydrogens (tertiary/aromatic N) is 1. The van der Waals surface area contributed by atoms with E-state index in [0.717, 1.165) is 5.56 Å². The van der Waals surface area contributed by atoms with Crippen LogP contribution in [0.4, 0.5) is 0 Å². The number of Topliss-reactive ketones (excluding diaryl/α,β-unsaturated/α-hetero) is 1. The minimum atomic E-state index is -0.882. The Morgan fingerprint density at radius 2 is 1.85 bits per heavy atom. The van der Waals surface area contributed by atoms with Gasteiger partial charge >= 0.3 is 5.97 Å². The van der Waals surface area contributed by atoms with Gasteiger partial charge in [-0.2, -0.15) is 11.8 Å². The summed E-state index contributed by atoms with van der Waals surface area (Å²) in [6, 6.07) is 7.88. The first-order chi connectivity index (χ1) is 15.6. The van der Waals surface area contributed by atoms with Crippen LogP contribution in [-0.4, -0.2) is 47.4 Å². The van der Waals surface area contributed by atoms with Crippen LogP contribution in [0.15, 0.2) is 35.1 Å². The Bertz CT molecular complexity index is 1130. The van der Waals surface area contributed by atoms with Gasteiger partial charge in [0.15, 0.2) is 5.78 Å². The van der Waals surface area contributed by atoms with Crippen molar-refractivity contribution < 1.29 is 19.1 Å². The number of carbonyl (C=O) groups excluding carboxylic acids is 3. The van der Waals surface area contributed by atoms with Crippen molar-refractivity contribution in [3.63, 3.8) is 0 Å². The van der Waals surface area contributed by atoms with E-state index in [9.17, 15) is 19.2 Å². The Kier molecular flexibility index (Phi) is 7.47. The normalized spacial score (nSPS) is 15.5. The maximum absolute atomic E-state index is 13.6. The number of methoxy groups -OCH3 is 1. The molecule has 0 unspecified atom stereocenters. The van der Waals surface area contributed by atoms with Gasteiger partial charge in [0.1, 0.15) is 11.6 Å². The number of hydrogen-bond acceptors (Lipinski definition) is 6. The predicted octanol–water partition coefficient (Wildman–Crippen LogP) is 3.33. The van der Waals surface area contributed by atoms with Gasteiger partial charge in [-0.3, -0.25) is 19.0 Å². The number of thioether (sulfide) groups is 1. The minimum absolute atomic E-state index is 0.108. The van der Waals surface area contributed by atoms with Crippen LogP contribution in [0.1, 0.15) is 58.7 Å². The number of fused-ring (bicyclic) bond motifs is 1.